The van der Waals surface area contributed by atoms with Crippen molar-refractivity contribution in [2.75, 3.05) is 40.9 Å². The molecule has 2 N–H and O–H groups in total. The van der Waals surface area contributed by atoms with Crippen molar-refractivity contribution in [3.05, 3.63) is 72.9 Å². The maximum Gasteiger partial charge on any atom is 0.268 e. The first-order valence-corrected chi connectivity index (χ1v) is 18.2. The highest BCUT2D eigenvalue weighted by Crippen LogP contribution is 2.38. The van der Waals surface area contributed by atoms with E-state index < -0.39 is 20.0 Å². The summed E-state index contributed by atoms with van der Waals surface area (Å²) in [6.45, 7) is 4.36. The van der Waals surface area contributed by atoms with Crippen LogP contribution in [0.15, 0.2) is 72.9 Å². The molecule has 0 aliphatic heterocycles. The molecule has 0 spiro atoms. The van der Waals surface area contributed by atoms with Crippen LogP contribution >= 0.6 is 7.82 Å². The van der Waals surface area contributed by atoms with Crippen LogP contribution in [-0.2, 0) is 18.4 Å². The Bertz CT molecular complexity index is 965. The van der Waals surface area contributed by atoms with E-state index in [0.717, 1.165) is 64.2 Å². The number of unbranched alkanes of at least 4 members (excludes halogenated alkanes) is 3. The Morgan fingerprint density at radius 3 is 1.80 bits per heavy atom. The molecule has 0 rings (SSSR count). The third-order valence-electron chi connectivity index (χ3n) is 6.72. The van der Waals surface area contributed by atoms with Crippen LogP contribution in [0.3, 0.4) is 0 Å². The van der Waals surface area contributed by atoms with Gasteiger partial charge in [0.2, 0.25) is 5.91 Å². The minimum Gasteiger partial charge on any atom is -0.756 e. The lowest BCUT2D eigenvalue weighted by Crippen LogP contribution is -2.46. The number of nitrogens with zero attached hydrogens (tertiary/aromatic N) is 1. The molecule has 9 heteroatoms. The molecule has 0 bridgehead atoms. The van der Waals surface area contributed by atoms with E-state index in [2.05, 4.69) is 79.9 Å². The first-order valence-electron chi connectivity index (χ1n) is 16.8. The molecule has 0 saturated heterocycles. The molecule has 1 amide bonds. The number of nitrogens with one attached hydrogen (secondary N) is 1. The summed E-state index contributed by atoms with van der Waals surface area (Å²) >= 11 is 0. The van der Waals surface area contributed by atoms with Gasteiger partial charge in [-0.3, -0.25) is 9.36 Å². The van der Waals surface area contributed by atoms with E-state index in [0.29, 0.717) is 23.9 Å². The van der Waals surface area contributed by atoms with Gasteiger partial charge in [-0.15, -0.1) is 0 Å². The van der Waals surface area contributed by atoms with Crippen molar-refractivity contribution in [1.29, 1.82) is 0 Å². The minimum absolute atomic E-state index is 0.00711. The van der Waals surface area contributed by atoms with Gasteiger partial charge in [0.25, 0.3) is 7.82 Å². The van der Waals surface area contributed by atoms with Gasteiger partial charge in [-0.25, -0.2) is 0 Å². The van der Waals surface area contributed by atoms with Gasteiger partial charge >= 0.3 is 0 Å². The smallest absolute Gasteiger partial charge is 0.268 e. The van der Waals surface area contributed by atoms with Gasteiger partial charge in [0.1, 0.15) is 13.2 Å². The Morgan fingerprint density at radius 1 is 0.800 bits per heavy atom. The van der Waals surface area contributed by atoms with Gasteiger partial charge in [-0.1, -0.05) is 112 Å². The van der Waals surface area contributed by atoms with Crippen molar-refractivity contribution < 1.29 is 32.9 Å². The van der Waals surface area contributed by atoms with E-state index in [-0.39, 0.29) is 25.5 Å². The molecule has 0 heterocycles. The van der Waals surface area contributed by atoms with Gasteiger partial charge in [-0.2, -0.15) is 0 Å². The summed E-state index contributed by atoms with van der Waals surface area (Å²) in [4.78, 5) is 24.8. The highest BCUT2D eigenvalue weighted by molar-refractivity contribution is 7.45. The number of carbonyl (C=O) groups is 1. The number of quaternary nitrogens is 1. The molecule has 0 aliphatic rings. The molecule has 3 atom stereocenters. The lowest BCUT2D eigenvalue weighted by molar-refractivity contribution is -0.870. The summed E-state index contributed by atoms with van der Waals surface area (Å²) in [7, 11) is 1.23. The van der Waals surface area contributed by atoms with Crippen LogP contribution in [0.5, 0.6) is 0 Å². The van der Waals surface area contributed by atoms with E-state index in [1.165, 1.54) is 0 Å². The Hall–Kier alpha value is -2.06. The van der Waals surface area contributed by atoms with E-state index in [4.69, 9.17) is 9.05 Å². The van der Waals surface area contributed by atoms with Gasteiger partial charge in [0.15, 0.2) is 0 Å². The number of aliphatic hydroxyl groups is 1. The number of carbonyl (C=O) groups excluding carboxylic acids is 1. The molecule has 8 nitrogen and oxygen atoms in total. The molecule has 0 fully saturated rings. The predicted octanol–water partition coefficient (Wildman–Crippen LogP) is 7.49. The second-order valence-corrected chi connectivity index (χ2v) is 13.5. The lowest BCUT2D eigenvalue weighted by Gasteiger charge is -2.30. The van der Waals surface area contributed by atoms with Gasteiger partial charge in [0.05, 0.1) is 39.9 Å². The zero-order chi connectivity index (χ0) is 33.7. The third kappa shape index (κ3) is 30.4. The quantitative estimate of drug-likeness (QED) is 0.0393. The molecule has 258 valence electrons. The maximum atomic E-state index is 12.6. The van der Waals surface area contributed by atoms with Crippen LogP contribution < -0.4 is 10.2 Å². The highest BCUT2D eigenvalue weighted by atomic mass is 31.2. The highest BCUT2D eigenvalue weighted by Gasteiger charge is 2.24. The van der Waals surface area contributed by atoms with Gasteiger partial charge < -0.3 is 28.8 Å². The largest absolute Gasteiger partial charge is 0.756 e. The molecule has 45 heavy (non-hydrogen) atoms. The van der Waals surface area contributed by atoms with Gasteiger partial charge in [0, 0.05) is 6.42 Å². The number of hydrogen-bond acceptors (Lipinski definition) is 6. The van der Waals surface area contributed by atoms with Crippen molar-refractivity contribution in [2.24, 2.45) is 0 Å². The fraction of sp³-hybridized carbons (Fsp3) is 0.639. The van der Waals surface area contributed by atoms with Crippen molar-refractivity contribution in [1.82, 2.24) is 5.32 Å². The lowest BCUT2D eigenvalue weighted by atomic mass is 10.0. The number of allylic oxidation sites excluding steroid dienone is 12. The van der Waals surface area contributed by atoms with Crippen LogP contribution in [0.4, 0.5) is 0 Å². The monoisotopic (exact) mass is 650 g/mol. The summed E-state index contributed by atoms with van der Waals surface area (Å²) in [5, 5.41) is 13.5. The zero-order valence-electron chi connectivity index (χ0n) is 28.8. The molecule has 3 unspecified atom stereocenters. The molecular weight excluding hydrogens is 587 g/mol. The summed E-state index contributed by atoms with van der Waals surface area (Å²) in [5.74, 6) is -0.262. The van der Waals surface area contributed by atoms with Gasteiger partial charge in [-0.05, 0) is 51.4 Å². The predicted molar refractivity (Wildman–Crippen MR) is 187 cm³/mol. The number of aliphatic hydroxyl groups excluding tert-OH is 1. The Balaban J connectivity index is 4.45. The molecule has 0 aromatic carbocycles. The standard InChI is InChI=1S/C36H63N2O6P/c1-6-8-10-12-13-14-15-16-17-18-19-20-21-22-23-24-25-26-28-30-36(40)37-34(35(39)29-27-11-9-7-2)33-44-45(41,42)43-32-31-38(3,4)5/h8,10,13-14,16-17,19-20,22-23,25-26,34-35,39H,6-7,9,11-12,15,18,21,24,27-33H2,1-5H3,(H-,37,40,41,42)/b10-8-,14-13-,17-16-,20-19-,23-22-,26-25-. The summed E-state index contributed by atoms with van der Waals surface area (Å²) < 4.78 is 22.8. The molecule has 0 aromatic heterocycles. The number of phosphoric acid groups is 1. The second-order valence-electron chi connectivity index (χ2n) is 12.1. The molecule has 0 saturated carbocycles. The summed E-state index contributed by atoms with van der Waals surface area (Å²) in [6, 6.07) is -0.839. The van der Waals surface area contributed by atoms with Crippen LogP contribution in [0.1, 0.15) is 97.3 Å². The van der Waals surface area contributed by atoms with Crippen molar-refractivity contribution in [2.45, 2.75) is 109 Å². The SMILES string of the molecule is CC/C=C\C/C=C\C/C=C\C/C=C\C/C=C\C/C=C\CCC(=O)NC(COP(=O)([O-])OCC[N+](C)(C)C)C(O)CCCCCC. The van der Waals surface area contributed by atoms with E-state index >= 15 is 0 Å². The first-order chi connectivity index (χ1) is 21.5. The Morgan fingerprint density at radius 2 is 1.31 bits per heavy atom. The molecule has 0 aliphatic carbocycles. The van der Waals surface area contributed by atoms with Crippen molar-refractivity contribution in [3.63, 3.8) is 0 Å². The Labute approximate surface area is 274 Å². The van der Waals surface area contributed by atoms with Crippen molar-refractivity contribution >= 4 is 13.7 Å². The molecular formula is C36H63N2O6P. The van der Waals surface area contributed by atoms with Crippen molar-refractivity contribution in [3.8, 4) is 0 Å². The number of hydrogen-bond donors (Lipinski definition) is 2. The van der Waals surface area contributed by atoms with Crippen LogP contribution in [-0.4, -0.2) is 68.5 Å². The Kier molecular flexibility index (Phi) is 26.9. The molecule has 0 aromatic rings. The fourth-order valence-corrected chi connectivity index (χ4v) is 4.72. The summed E-state index contributed by atoms with van der Waals surface area (Å²) in [5.41, 5.74) is 0. The normalized spacial score (nSPS) is 15.8. The third-order valence-corrected chi connectivity index (χ3v) is 7.69. The average molecular weight is 651 g/mol. The van der Waals surface area contributed by atoms with Crippen LogP contribution in [0, 0.1) is 0 Å². The zero-order valence-corrected chi connectivity index (χ0v) is 29.7. The number of rotatable bonds is 28. The topological polar surface area (TPSA) is 108 Å². The first kappa shape index (κ1) is 42.9. The average Bonchev–Trinajstić information content (AvgIpc) is 2.97. The number of amides is 1. The fourth-order valence-electron chi connectivity index (χ4n) is 4.00. The summed E-state index contributed by atoms with van der Waals surface area (Å²) in [6.07, 6.45) is 35.5. The van der Waals surface area contributed by atoms with E-state index in [1.807, 2.05) is 33.3 Å². The second kappa shape index (κ2) is 28.2. The molecule has 0 radical (unpaired) electrons. The van der Waals surface area contributed by atoms with E-state index in [1.54, 1.807) is 0 Å². The maximum absolute atomic E-state index is 12.6. The minimum atomic E-state index is -4.56. The van der Waals surface area contributed by atoms with E-state index in [9.17, 15) is 19.4 Å². The number of phosphoric ester groups is 1. The van der Waals surface area contributed by atoms with Crippen LogP contribution in [0.2, 0.25) is 0 Å². The number of likely N-dealkylation sites (N-methyl/N-ethyl adjacent to an activating group) is 1. The van der Waals surface area contributed by atoms with Crippen LogP contribution in [0.25, 0.3) is 0 Å².